The van der Waals surface area contributed by atoms with E-state index in [1.807, 2.05) is 56.8 Å². The minimum atomic E-state index is -0.408. The number of para-hydroxylation sites is 2. The van der Waals surface area contributed by atoms with Gasteiger partial charge in [-0.3, -0.25) is 14.8 Å². The van der Waals surface area contributed by atoms with Crippen LogP contribution >= 0.6 is 0 Å². The van der Waals surface area contributed by atoms with E-state index >= 15 is 0 Å². The van der Waals surface area contributed by atoms with Crippen molar-refractivity contribution in [3.05, 3.63) is 58.9 Å². The number of guanidine groups is 1. The Balaban J connectivity index is 1.97. The number of amides is 1. The Bertz CT molecular complexity index is 1230. The van der Waals surface area contributed by atoms with E-state index in [1.165, 1.54) is 21.3 Å². The maximum Gasteiger partial charge on any atom is 0.258 e. The molecule has 0 radical (unpaired) electrons. The van der Waals surface area contributed by atoms with E-state index in [1.54, 1.807) is 12.1 Å². The van der Waals surface area contributed by atoms with Crippen LogP contribution < -0.4 is 29.6 Å². The molecule has 2 N–H and O–H groups in total. The Hall–Kier alpha value is -4.21. The summed E-state index contributed by atoms with van der Waals surface area (Å²) in [6.07, 6.45) is 0. The molecule has 1 aromatic heterocycles. The third-order valence-corrected chi connectivity index (χ3v) is 5.65. The van der Waals surface area contributed by atoms with Crippen LogP contribution in [-0.2, 0) is 13.6 Å². The first-order valence-corrected chi connectivity index (χ1v) is 11.5. The maximum absolute atomic E-state index is 13.3. The van der Waals surface area contributed by atoms with Gasteiger partial charge >= 0.3 is 0 Å². The van der Waals surface area contributed by atoms with Crippen molar-refractivity contribution in [2.45, 2.75) is 27.3 Å². The standard InChI is InChI=1S/C26H33N5O5/c1-8-36-21-12-10-9-11-20(21)28-26(27-15-19-16(2)30-31(4)17(19)3)29-25(32)18-13-22(33-5)24(35-7)23(14-18)34-6/h9-14H,8,15H2,1-7H3,(H2,27,28,29,32). The first-order valence-electron chi connectivity index (χ1n) is 11.5. The number of hydrogen-bond acceptors (Lipinski definition) is 7. The van der Waals surface area contributed by atoms with Crippen LogP contribution in [0.15, 0.2) is 41.4 Å². The Kier molecular flexibility index (Phi) is 8.77. The molecular weight excluding hydrogens is 462 g/mol. The predicted molar refractivity (Wildman–Crippen MR) is 139 cm³/mol. The largest absolute Gasteiger partial charge is 0.493 e. The molecule has 1 amide bonds. The molecule has 10 heteroatoms. The van der Waals surface area contributed by atoms with Crippen LogP contribution in [0.4, 0.5) is 5.69 Å². The van der Waals surface area contributed by atoms with Crippen LogP contribution in [0.1, 0.15) is 34.2 Å². The molecule has 0 fully saturated rings. The second kappa shape index (κ2) is 12.0. The quantitative estimate of drug-likeness (QED) is 0.343. The summed E-state index contributed by atoms with van der Waals surface area (Å²) in [5.74, 6) is 1.63. The lowest BCUT2D eigenvalue weighted by Crippen LogP contribution is -2.36. The van der Waals surface area contributed by atoms with Crippen LogP contribution in [-0.4, -0.2) is 49.6 Å². The van der Waals surface area contributed by atoms with Gasteiger partial charge in [-0.2, -0.15) is 5.10 Å². The number of carbonyl (C=O) groups is 1. The van der Waals surface area contributed by atoms with Crippen molar-refractivity contribution in [2.75, 3.05) is 33.3 Å². The fourth-order valence-corrected chi connectivity index (χ4v) is 3.69. The molecule has 0 unspecified atom stereocenters. The lowest BCUT2D eigenvalue weighted by atomic mass is 10.1. The van der Waals surface area contributed by atoms with E-state index in [4.69, 9.17) is 18.9 Å². The van der Waals surface area contributed by atoms with Gasteiger partial charge in [-0.25, -0.2) is 4.99 Å². The fraction of sp³-hybridized carbons (Fsp3) is 0.346. The van der Waals surface area contributed by atoms with Crippen molar-refractivity contribution in [1.29, 1.82) is 0 Å². The van der Waals surface area contributed by atoms with Gasteiger partial charge < -0.3 is 24.3 Å². The smallest absolute Gasteiger partial charge is 0.258 e. The minimum Gasteiger partial charge on any atom is -0.493 e. The summed E-state index contributed by atoms with van der Waals surface area (Å²) < 4.78 is 23.7. The highest BCUT2D eigenvalue weighted by atomic mass is 16.5. The van der Waals surface area contributed by atoms with E-state index in [0.29, 0.717) is 47.4 Å². The molecule has 0 aliphatic rings. The van der Waals surface area contributed by atoms with Crippen molar-refractivity contribution in [2.24, 2.45) is 12.0 Å². The number of carbonyl (C=O) groups excluding carboxylic acids is 1. The number of aliphatic imine (C=N–C) groups is 1. The van der Waals surface area contributed by atoms with Crippen molar-refractivity contribution >= 4 is 17.6 Å². The Morgan fingerprint density at radius 3 is 2.25 bits per heavy atom. The third-order valence-electron chi connectivity index (χ3n) is 5.65. The molecule has 0 aliphatic heterocycles. The zero-order valence-corrected chi connectivity index (χ0v) is 21.8. The third kappa shape index (κ3) is 5.88. The Morgan fingerprint density at radius 2 is 1.69 bits per heavy atom. The molecular formula is C26H33N5O5. The lowest BCUT2D eigenvalue weighted by Gasteiger charge is -2.16. The first-order chi connectivity index (χ1) is 17.3. The van der Waals surface area contributed by atoms with Gasteiger partial charge in [0.25, 0.3) is 5.91 Å². The average Bonchev–Trinajstić information content (AvgIpc) is 3.12. The summed E-state index contributed by atoms with van der Waals surface area (Å²) in [5, 5.41) is 10.5. The second-order valence-electron chi connectivity index (χ2n) is 7.86. The lowest BCUT2D eigenvalue weighted by molar-refractivity contribution is 0.0976. The number of anilines is 1. The van der Waals surface area contributed by atoms with Gasteiger partial charge in [0.1, 0.15) is 5.75 Å². The molecule has 0 spiro atoms. The summed E-state index contributed by atoms with van der Waals surface area (Å²) in [6, 6.07) is 10.6. The van der Waals surface area contributed by atoms with E-state index in [-0.39, 0.29) is 5.96 Å². The van der Waals surface area contributed by atoms with Crippen LogP contribution in [0.5, 0.6) is 23.0 Å². The number of rotatable bonds is 9. The molecule has 3 aromatic rings. The summed E-state index contributed by atoms with van der Waals surface area (Å²) in [4.78, 5) is 18.0. The molecule has 0 atom stereocenters. The van der Waals surface area contributed by atoms with Crippen molar-refractivity contribution in [3.63, 3.8) is 0 Å². The van der Waals surface area contributed by atoms with Gasteiger partial charge in [0.2, 0.25) is 11.7 Å². The second-order valence-corrected chi connectivity index (χ2v) is 7.86. The van der Waals surface area contributed by atoms with Gasteiger partial charge in [0.15, 0.2) is 11.5 Å². The van der Waals surface area contributed by atoms with Crippen LogP contribution in [0.3, 0.4) is 0 Å². The fourth-order valence-electron chi connectivity index (χ4n) is 3.69. The molecule has 0 aliphatic carbocycles. The average molecular weight is 496 g/mol. The van der Waals surface area contributed by atoms with E-state index < -0.39 is 5.91 Å². The predicted octanol–water partition coefficient (Wildman–Crippen LogP) is 3.86. The van der Waals surface area contributed by atoms with Crippen LogP contribution in [0.2, 0.25) is 0 Å². The zero-order chi connectivity index (χ0) is 26.2. The van der Waals surface area contributed by atoms with Crippen molar-refractivity contribution in [1.82, 2.24) is 15.1 Å². The normalized spacial score (nSPS) is 11.1. The number of ether oxygens (including phenoxy) is 4. The van der Waals surface area contributed by atoms with Gasteiger partial charge in [-0.1, -0.05) is 12.1 Å². The number of benzene rings is 2. The van der Waals surface area contributed by atoms with Gasteiger partial charge in [0.05, 0.1) is 45.9 Å². The van der Waals surface area contributed by atoms with Gasteiger partial charge in [-0.05, 0) is 45.0 Å². The Morgan fingerprint density at radius 1 is 1.03 bits per heavy atom. The highest BCUT2D eigenvalue weighted by molar-refractivity contribution is 6.10. The number of nitrogens with zero attached hydrogens (tertiary/aromatic N) is 3. The molecule has 192 valence electrons. The molecule has 0 saturated carbocycles. The van der Waals surface area contributed by atoms with Crippen LogP contribution in [0, 0.1) is 13.8 Å². The first kappa shape index (κ1) is 26.4. The zero-order valence-electron chi connectivity index (χ0n) is 21.8. The van der Waals surface area contributed by atoms with Crippen LogP contribution in [0.25, 0.3) is 0 Å². The minimum absolute atomic E-state index is 0.253. The summed E-state index contributed by atoms with van der Waals surface area (Å²) in [7, 11) is 6.39. The van der Waals surface area contributed by atoms with Gasteiger partial charge in [0, 0.05) is 23.9 Å². The number of nitrogens with one attached hydrogen (secondary N) is 2. The van der Waals surface area contributed by atoms with Crippen molar-refractivity contribution < 1.29 is 23.7 Å². The Labute approximate surface area is 211 Å². The molecule has 0 saturated heterocycles. The van der Waals surface area contributed by atoms with E-state index in [2.05, 4.69) is 20.7 Å². The number of methoxy groups -OCH3 is 3. The highest BCUT2D eigenvalue weighted by Crippen LogP contribution is 2.38. The molecule has 3 rings (SSSR count). The molecule has 2 aromatic carbocycles. The van der Waals surface area contributed by atoms with E-state index in [9.17, 15) is 4.79 Å². The number of aryl methyl sites for hydroxylation is 2. The molecule has 36 heavy (non-hydrogen) atoms. The summed E-state index contributed by atoms with van der Waals surface area (Å²) >= 11 is 0. The number of hydrogen-bond donors (Lipinski definition) is 2. The maximum atomic E-state index is 13.3. The van der Waals surface area contributed by atoms with E-state index in [0.717, 1.165) is 17.0 Å². The SMILES string of the molecule is CCOc1ccccc1NC(=NCc1c(C)nn(C)c1C)NC(=O)c1cc(OC)c(OC)c(OC)c1. The molecule has 0 bridgehead atoms. The number of aromatic nitrogens is 2. The van der Waals surface area contributed by atoms with Gasteiger partial charge in [-0.15, -0.1) is 0 Å². The molecule has 1 heterocycles. The topological polar surface area (TPSA) is 108 Å². The molecule has 10 nitrogen and oxygen atoms in total. The van der Waals surface area contributed by atoms with Crippen molar-refractivity contribution in [3.8, 4) is 23.0 Å². The monoisotopic (exact) mass is 495 g/mol. The summed E-state index contributed by atoms with van der Waals surface area (Å²) in [5.41, 5.74) is 3.84. The summed E-state index contributed by atoms with van der Waals surface area (Å²) in [6.45, 7) is 6.64. The highest BCUT2D eigenvalue weighted by Gasteiger charge is 2.19.